The minimum absolute atomic E-state index is 0.0569. The largest absolute Gasteiger partial charge is 0.308 e. The van der Waals surface area contributed by atoms with Gasteiger partial charge in [-0.25, -0.2) is 0 Å². The van der Waals surface area contributed by atoms with Gasteiger partial charge in [0.05, 0.1) is 5.41 Å². The molecule has 0 aromatic heterocycles. The molecule has 0 heterocycles. The normalized spacial score (nSPS) is 24.4. The summed E-state index contributed by atoms with van der Waals surface area (Å²) in [5.41, 5.74) is 0.134. The van der Waals surface area contributed by atoms with Crippen LogP contribution in [0.15, 0.2) is 43.0 Å². The highest BCUT2D eigenvalue weighted by molar-refractivity contribution is 6.53. The van der Waals surface area contributed by atoms with E-state index in [1.165, 1.54) is 0 Å². The Morgan fingerprint density at radius 1 is 1.44 bits per heavy atom. The van der Waals surface area contributed by atoms with Crippen LogP contribution < -0.4 is 4.90 Å². The number of rotatable bonds is 4. The van der Waals surface area contributed by atoms with E-state index in [9.17, 15) is 4.79 Å². The Balaban J connectivity index is 2.27. The molecule has 96 valence electrons. The van der Waals surface area contributed by atoms with Crippen LogP contribution in [0.25, 0.3) is 0 Å². The molecule has 2 nitrogen and oxygen atoms in total. The number of benzene rings is 1. The number of halogens is 2. The molecular formula is C14H15Cl2NO. The van der Waals surface area contributed by atoms with Crippen LogP contribution in [-0.4, -0.2) is 16.8 Å². The van der Waals surface area contributed by atoms with Crippen molar-refractivity contribution in [2.45, 2.75) is 17.7 Å². The summed E-state index contributed by atoms with van der Waals surface area (Å²) in [4.78, 5) is 14.2. The Hall–Kier alpha value is -0.990. The van der Waals surface area contributed by atoms with Crippen LogP contribution in [0.4, 0.5) is 5.69 Å². The highest BCUT2D eigenvalue weighted by Gasteiger charge is 2.68. The van der Waals surface area contributed by atoms with Crippen molar-refractivity contribution in [1.29, 1.82) is 0 Å². The lowest BCUT2D eigenvalue weighted by Crippen LogP contribution is -2.38. The zero-order valence-corrected chi connectivity index (χ0v) is 11.7. The molecule has 1 saturated carbocycles. The lowest BCUT2D eigenvalue weighted by atomic mass is 10.1. The summed E-state index contributed by atoms with van der Waals surface area (Å²) < 4.78 is -0.946. The van der Waals surface area contributed by atoms with Crippen LogP contribution in [-0.2, 0) is 4.79 Å². The summed E-state index contributed by atoms with van der Waals surface area (Å²) in [6.07, 6.45) is 2.18. The second-order valence-corrected chi connectivity index (χ2v) is 6.24. The van der Waals surface area contributed by atoms with Gasteiger partial charge in [0.2, 0.25) is 5.91 Å². The number of para-hydroxylation sites is 1. The summed E-state index contributed by atoms with van der Waals surface area (Å²) in [5, 5.41) is 0. The summed E-state index contributed by atoms with van der Waals surface area (Å²) in [6, 6.07) is 9.46. The molecule has 4 heteroatoms. The fraction of sp³-hybridized carbons (Fsp3) is 0.357. The third-order valence-electron chi connectivity index (χ3n) is 3.35. The van der Waals surface area contributed by atoms with E-state index in [0.717, 1.165) is 5.69 Å². The lowest BCUT2D eigenvalue weighted by molar-refractivity contribution is -0.123. The van der Waals surface area contributed by atoms with Crippen molar-refractivity contribution < 1.29 is 4.79 Å². The van der Waals surface area contributed by atoms with Gasteiger partial charge in [-0.15, -0.1) is 29.8 Å². The first kappa shape index (κ1) is 13.4. The van der Waals surface area contributed by atoms with Crippen molar-refractivity contribution in [2.75, 3.05) is 11.4 Å². The molecule has 1 atom stereocenters. The quantitative estimate of drug-likeness (QED) is 0.608. The Morgan fingerprint density at radius 3 is 2.44 bits per heavy atom. The number of carbonyl (C=O) groups is 1. The van der Waals surface area contributed by atoms with Crippen LogP contribution >= 0.6 is 23.2 Å². The molecule has 1 aromatic carbocycles. The van der Waals surface area contributed by atoms with E-state index < -0.39 is 9.75 Å². The fourth-order valence-corrected chi connectivity index (χ4v) is 2.67. The van der Waals surface area contributed by atoms with Gasteiger partial charge in [0.1, 0.15) is 4.33 Å². The third kappa shape index (κ3) is 2.15. The molecule has 0 spiro atoms. The second kappa shape index (κ2) is 4.60. The maximum absolute atomic E-state index is 12.5. The zero-order chi connectivity index (χ0) is 13.4. The first-order valence-electron chi connectivity index (χ1n) is 5.78. The number of hydrogen-bond acceptors (Lipinski definition) is 1. The van der Waals surface area contributed by atoms with Gasteiger partial charge in [-0.1, -0.05) is 24.3 Å². The molecule has 18 heavy (non-hydrogen) atoms. The van der Waals surface area contributed by atoms with Crippen molar-refractivity contribution in [3.63, 3.8) is 0 Å². The van der Waals surface area contributed by atoms with Gasteiger partial charge < -0.3 is 4.90 Å². The number of amides is 1. The van der Waals surface area contributed by atoms with Gasteiger partial charge in [-0.3, -0.25) is 4.79 Å². The highest BCUT2D eigenvalue weighted by atomic mass is 35.5. The zero-order valence-electron chi connectivity index (χ0n) is 10.2. The number of anilines is 1. The summed E-state index contributed by atoms with van der Waals surface area (Å²) in [5.74, 6) is -0.0569. The van der Waals surface area contributed by atoms with Gasteiger partial charge in [0, 0.05) is 12.2 Å². The fourth-order valence-electron chi connectivity index (χ4n) is 1.97. The van der Waals surface area contributed by atoms with Gasteiger partial charge in [0.15, 0.2) is 0 Å². The third-order valence-corrected chi connectivity index (χ3v) is 4.46. The van der Waals surface area contributed by atoms with Gasteiger partial charge in [-0.2, -0.15) is 0 Å². The summed E-state index contributed by atoms with van der Waals surface area (Å²) in [7, 11) is 0. The van der Waals surface area contributed by atoms with Crippen LogP contribution in [0.1, 0.15) is 13.3 Å². The maximum atomic E-state index is 12.5. The van der Waals surface area contributed by atoms with Crippen LogP contribution in [0.5, 0.6) is 0 Å². The first-order valence-corrected chi connectivity index (χ1v) is 6.54. The van der Waals surface area contributed by atoms with Crippen molar-refractivity contribution in [1.82, 2.24) is 0 Å². The minimum atomic E-state index is -0.946. The Kier molecular flexibility index (Phi) is 3.43. The molecule has 1 aromatic rings. The lowest BCUT2D eigenvalue weighted by Gasteiger charge is -2.25. The molecule has 1 aliphatic rings. The number of carbonyl (C=O) groups excluding carboxylic acids is 1. The minimum Gasteiger partial charge on any atom is -0.308 e. The highest BCUT2D eigenvalue weighted by Crippen LogP contribution is 2.64. The van der Waals surface area contributed by atoms with E-state index >= 15 is 0 Å². The van der Waals surface area contributed by atoms with E-state index in [0.29, 0.717) is 13.0 Å². The first-order chi connectivity index (χ1) is 8.42. The van der Waals surface area contributed by atoms with Crippen molar-refractivity contribution in [3.05, 3.63) is 43.0 Å². The van der Waals surface area contributed by atoms with Crippen LogP contribution in [0, 0.1) is 5.41 Å². The Bertz CT molecular complexity index is 472. The van der Waals surface area contributed by atoms with E-state index in [2.05, 4.69) is 6.58 Å². The van der Waals surface area contributed by atoms with Crippen molar-refractivity contribution >= 4 is 34.8 Å². The SMILES string of the molecule is C=CCN(C(=O)C1(C)CC1(Cl)Cl)c1ccccc1. The summed E-state index contributed by atoms with van der Waals surface area (Å²) >= 11 is 12.1. The van der Waals surface area contributed by atoms with Crippen molar-refractivity contribution in [3.8, 4) is 0 Å². The average Bonchev–Trinajstić information content (AvgIpc) is 2.87. The topological polar surface area (TPSA) is 20.3 Å². The van der Waals surface area contributed by atoms with E-state index in [1.54, 1.807) is 17.9 Å². The predicted octanol–water partition coefficient (Wildman–Crippen LogP) is 3.79. The molecule has 0 bridgehead atoms. The monoisotopic (exact) mass is 283 g/mol. The molecule has 0 saturated heterocycles. The van der Waals surface area contributed by atoms with Crippen LogP contribution in [0.2, 0.25) is 0 Å². The molecule has 1 fully saturated rings. The smallest absolute Gasteiger partial charge is 0.236 e. The van der Waals surface area contributed by atoms with Crippen molar-refractivity contribution in [2.24, 2.45) is 5.41 Å². The predicted molar refractivity (Wildman–Crippen MR) is 76.2 cm³/mol. The second-order valence-electron chi connectivity index (χ2n) is 4.75. The molecule has 1 amide bonds. The molecule has 0 N–H and O–H groups in total. The Morgan fingerprint density at radius 2 is 2.00 bits per heavy atom. The molecule has 0 aliphatic heterocycles. The Labute approximate surface area is 117 Å². The molecule has 2 rings (SSSR count). The summed E-state index contributed by atoms with van der Waals surface area (Å²) in [6.45, 7) is 5.93. The van der Waals surface area contributed by atoms with Gasteiger partial charge >= 0.3 is 0 Å². The van der Waals surface area contributed by atoms with Gasteiger partial charge in [-0.05, 0) is 25.5 Å². The maximum Gasteiger partial charge on any atom is 0.236 e. The molecule has 0 radical (unpaired) electrons. The molecule has 1 aliphatic carbocycles. The van der Waals surface area contributed by atoms with E-state index in [-0.39, 0.29) is 5.91 Å². The standard InChI is InChI=1S/C14H15Cl2NO/c1-3-9-17(11-7-5-4-6-8-11)12(18)13(2)10-14(13,15)16/h3-8H,1,9-10H2,2H3. The molecular weight excluding hydrogens is 269 g/mol. The average molecular weight is 284 g/mol. The van der Waals surface area contributed by atoms with Gasteiger partial charge in [0.25, 0.3) is 0 Å². The molecule has 1 unspecified atom stereocenters. The number of nitrogens with zero attached hydrogens (tertiary/aromatic N) is 1. The number of alkyl halides is 2. The number of hydrogen-bond donors (Lipinski definition) is 0. The van der Waals surface area contributed by atoms with Crippen LogP contribution in [0.3, 0.4) is 0 Å². The van der Waals surface area contributed by atoms with E-state index in [4.69, 9.17) is 23.2 Å². The van der Waals surface area contributed by atoms with E-state index in [1.807, 2.05) is 30.3 Å².